The largest absolute Gasteiger partial charge is 0.457 e. The first-order chi connectivity index (χ1) is 33.6. The zero-order valence-electron chi connectivity index (χ0n) is 44.1. The molecule has 0 spiro atoms. The smallest absolute Gasteiger partial charge is 0.137 e. The van der Waals surface area contributed by atoms with Crippen LogP contribution in [0.1, 0.15) is 129 Å². The Balaban J connectivity index is 1.08. The number of anilines is 4. The van der Waals surface area contributed by atoms with Crippen molar-refractivity contribution in [2.75, 3.05) is 16.5 Å². The monoisotopic (exact) mass is 935 g/mol. The summed E-state index contributed by atoms with van der Waals surface area (Å²) in [6.07, 6.45) is 1.95. The van der Waals surface area contributed by atoms with Crippen molar-refractivity contribution in [3.63, 3.8) is 0 Å². The minimum absolute atomic E-state index is 0.0152. The van der Waals surface area contributed by atoms with Gasteiger partial charge in [0.25, 0.3) is 0 Å². The van der Waals surface area contributed by atoms with Gasteiger partial charge in [-0.1, -0.05) is 181 Å². The highest BCUT2D eigenvalue weighted by Gasteiger charge is 2.34. The Labute approximate surface area is 422 Å². The van der Waals surface area contributed by atoms with Crippen LogP contribution in [0.25, 0.3) is 27.6 Å². The van der Waals surface area contributed by atoms with Crippen LogP contribution < -0.4 is 14.5 Å². The van der Waals surface area contributed by atoms with Crippen LogP contribution in [0, 0.1) is 0 Å². The Hall–Kier alpha value is -7.11. The van der Waals surface area contributed by atoms with Gasteiger partial charge in [0, 0.05) is 51.3 Å². The van der Waals surface area contributed by atoms with E-state index in [4.69, 9.17) is 9.72 Å². The van der Waals surface area contributed by atoms with Crippen molar-refractivity contribution >= 4 is 44.6 Å². The average Bonchev–Trinajstić information content (AvgIpc) is 3.89. The van der Waals surface area contributed by atoms with E-state index in [1.165, 1.54) is 61.1 Å². The molecule has 5 heteroatoms. The number of pyridine rings is 1. The molecule has 0 unspecified atom stereocenters. The summed E-state index contributed by atoms with van der Waals surface area (Å²) >= 11 is 0. The molecule has 0 bridgehead atoms. The number of fused-ring (bicyclic) bond motifs is 4. The third kappa shape index (κ3) is 8.90. The molecular formula is C66H70N4O. The predicted octanol–water partition coefficient (Wildman–Crippen LogP) is 17.8. The number of ether oxygens (including phenoxy) is 1. The first-order valence-corrected chi connectivity index (χ1v) is 25.4. The third-order valence-electron chi connectivity index (χ3n) is 15.2. The van der Waals surface area contributed by atoms with E-state index in [-0.39, 0.29) is 27.1 Å². The summed E-state index contributed by atoms with van der Waals surface area (Å²) in [5.41, 5.74) is 15.0. The predicted molar refractivity (Wildman–Crippen MR) is 300 cm³/mol. The number of aromatic nitrogens is 2. The lowest BCUT2D eigenvalue weighted by atomic mass is 9.73. The van der Waals surface area contributed by atoms with Gasteiger partial charge >= 0.3 is 0 Å². The summed E-state index contributed by atoms with van der Waals surface area (Å²) < 4.78 is 9.41. The van der Waals surface area contributed by atoms with E-state index in [9.17, 15) is 0 Å². The van der Waals surface area contributed by atoms with Crippen LogP contribution >= 0.6 is 0 Å². The van der Waals surface area contributed by atoms with Crippen LogP contribution in [0.4, 0.5) is 22.7 Å². The minimum atomic E-state index is -0.245. The Kier molecular flexibility index (Phi) is 11.6. The van der Waals surface area contributed by atoms with Crippen LogP contribution in [0.2, 0.25) is 0 Å². The van der Waals surface area contributed by atoms with Crippen molar-refractivity contribution in [2.45, 2.75) is 117 Å². The second-order valence-electron chi connectivity index (χ2n) is 24.0. The molecule has 71 heavy (non-hydrogen) atoms. The number of rotatable bonds is 9. The molecule has 9 aromatic rings. The zero-order valence-corrected chi connectivity index (χ0v) is 44.1. The first kappa shape index (κ1) is 47.6. The molecule has 7 aromatic carbocycles. The lowest BCUT2D eigenvalue weighted by Crippen LogP contribution is -2.27. The molecule has 1 aliphatic heterocycles. The Bertz CT molecular complexity index is 3360. The van der Waals surface area contributed by atoms with Gasteiger partial charge < -0.3 is 14.5 Å². The number of hydrogen-bond acceptors (Lipinski definition) is 4. The van der Waals surface area contributed by atoms with Crippen LogP contribution in [0.3, 0.4) is 0 Å². The van der Waals surface area contributed by atoms with Gasteiger partial charge in [-0.3, -0.25) is 4.57 Å². The molecule has 0 saturated carbocycles. The number of benzene rings is 7. The summed E-state index contributed by atoms with van der Waals surface area (Å²) in [5, 5.41) is 2.36. The molecule has 2 aromatic heterocycles. The molecule has 3 heterocycles. The molecule has 0 saturated heterocycles. The maximum atomic E-state index is 7.08. The summed E-state index contributed by atoms with van der Waals surface area (Å²) in [7, 11) is 0. The van der Waals surface area contributed by atoms with Crippen molar-refractivity contribution in [2.24, 2.45) is 0 Å². The van der Waals surface area contributed by atoms with Gasteiger partial charge in [-0.15, -0.1) is 0 Å². The number of para-hydroxylation sites is 2. The molecule has 5 nitrogen and oxygen atoms in total. The van der Waals surface area contributed by atoms with Crippen molar-refractivity contribution in [3.05, 3.63) is 215 Å². The van der Waals surface area contributed by atoms with Gasteiger partial charge in [-0.2, -0.15) is 0 Å². The van der Waals surface area contributed by atoms with Crippen molar-refractivity contribution in [3.8, 4) is 17.3 Å². The standard InChI is InChI=1S/C66H70N4O/c1-62(2,3)46-28-30-55-56-31-29-53(42-60(56)70(59(55)39-46)61-40-47(32-33-67-61)63(4,5)6)71-54-38-48(64(7,8)9)35-52(41-54)69-43-68(57-26-20-21-27-58(57)69)51-36-49(65(10,11)44-22-16-14-17-23-44)34-50(37-51)66(12,13)45-24-18-15-19-25-45/h14-42H,43H2,1-13H3. The quantitative estimate of drug-likeness (QED) is 0.144. The molecule has 10 rings (SSSR count). The Morgan fingerprint density at radius 2 is 0.859 bits per heavy atom. The van der Waals surface area contributed by atoms with E-state index >= 15 is 0 Å². The number of hydrogen-bond donors (Lipinski definition) is 0. The van der Waals surface area contributed by atoms with E-state index < -0.39 is 0 Å². The van der Waals surface area contributed by atoms with Crippen LogP contribution in [-0.4, -0.2) is 16.2 Å². The van der Waals surface area contributed by atoms with Gasteiger partial charge in [0.05, 0.1) is 22.4 Å². The van der Waals surface area contributed by atoms with Gasteiger partial charge in [0.15, 0.2) is 0 Å². The fourth-order valence-electron chi connectivity index (χ4n) is 10.3. The second-order valence-corrected chi connectivity index (χ2v) is 24.0. The summed E-state index contributed by atoms with van der Waals surface area (Å²) in [4.78, 5) is 9.97. The zero-order chi connectivity index (χ0) is 50.3. The molecule has 0 N–H and O–H groups in total. The van der Waals surface area contributed by atoms with Crippen LogP contribution in [-0.2, 0) is 27.1 Å². The normalized spacial score (nSPS) is 13.6. The fraction of sp³-hybridized carbons (Fsp3) is 0.288. The molecule has 1 aliphatic rings. The summed E-state index contributed by atoms with van der Waals surface area (Å²) in [6, 6.07) is 62.6. The lowest BCUT2D eigenvalue weighted by Gasteiger charge is -2.33. The van der Waals surface area contributed by atoms with Crippen molar-refractivity contribution in [1.29, 1.82) is 0 Å². The van der Waals surface area contributed by atoms with E-state index in [1.54, 1.807) is 0 Å². The van der Waals surface area contributed by atoms with Crippen LogP contribution in [0.15, 0.2) is 176 Å². The SMILES string of the molecule is CC(C)(C)c1cc(Oc2ccc3c4ccc(C(C)(C)C)cc4n(-c4cc(C(C)(C)C)ccn4)c3c2)cc(N2CN(c3cc(C(C)(C)c4ccccc4)cc(C(C)(C)c4ccccc4)c3)c3ccccc32)c1. The molecule has 0 radical (unpaired) electrons. The molecule has 0 amide bonds. The molecule has 360 valence electrons. The van der Waals surface area contributed by atoms with E-state index in [0.717, 1.165) is 39.7 Å². The van der Waals surface area contributed by atoms with Crippen LogP contribution in [0.5, 0.6) is 11.5 Å². The average molecular weight is 935 g/mol. The highest BCUT2D eigenvalue weighted by atomic mass is 16.5. The van der Waals surface area contributed by atoms with E-state index in [2.05, 4.69) is 274 Å². The molecular weight excluding hydrogens is 865 g/mol. The Morgan fingerprint density at radius 1 is 0.380 bits per heavy atom. The summed E-state index contributed by atoms with van der Waals surface area (Å²) in [5.74, 6) is 2.48. The highest BCUT2D eigenvalue weighted by Crippen LogP contribution is 2.49. The lowest BCUT2D eigenvalue weighted by molar-refractivity contribution is 0.479. The van der Waals surface area contributed by atoms with Crippen molar-refractivity contribution < 1.29 is 4.74 Å². The summed E-state index contributed by atoms with van der Waals surface area (Å²) in [6.45, 7) is 30.5. The van der Waals surface area contributed by atoms with Gasteiger partial charge in [0.1, 0.15) is 24.0 Å². The minimum Gasteiger partial charge on any atom is -0.457 e. The highest BCUT2D eigenvalue weighted by molar-refractivity contribution is 6.09. The van der Waals surface area contributed by atoms with E-state index in [1.807, 2.05) is 6.20 Å². The second kappa shape index (κ2) is 17.3. The van der Waals surface area contributed by atoms with Gasteiger partial charge in [-0.25, -0.2) is 4.98 Å². The topological polar surface area (TPSA) is 33.5 Å². The maximum absolute atomic E-state index is 7.08. The first-order valence-electron chi connectivity index (χ1n) is 25.4. The third-order valence-corrected chi connectivity index (χ3v) is 15.2. The van der Waals surface area contributed by atoms with Crippen molar-refractivity contribution in [1.82, 2.24) is 9.55 Å². The van der Waals surface area contributed by atoms with Gasteiger partial charge in [-0.05, 0) is 122 Å². The molecule has 0 atom stereocenters. The van der Waals surface area contributed by atoms with Gasteiger partial charge in [0.2, 0.25) is 0 Å². The molecule has 0 aliphatic carbocycles. The maximum Gasteiger partial charge on any atom is 0.137 e. The Morgan fingerprint density at radius 3 is 1.41 bits per heavy atom. The number of nitrogens with zero attached hydrogens (tertiary/aromatic N) is 4. The molecule has 0 fully saturated rings. The fourth-order valence-corrected chi connectivity index (χ4v) is 10.3. The van der Waals surface area contributed by atoms with E-state index in [0.29, 0.717) is 6.67 Å².